The van der Waals surface area contributed by atoms with Crippen LogP contribution in [0.2, 0.25) is 0 Å². The average molecular weight is 1300 g/mol. The maximum atomic E-state index is 15.5. The molecule has 0 bridgehead atoms. The summed E-state index contributed by atoms with van der Waals surface area (Å²) in [5.74, 6) is -0.554. The molecule has 0 aromatic heterocycles. The van der Waals surface area contributed by atoms with E-state index in [1.165, 1.54) is 135 Å². The fraction of sp³-hybridized carbons (Fsp3) is 0.982. The maximum absolute atomic E-state index is 15.5. The predicted octanol–water partition coefficient (Wildman–Crippen LogP) is -1.46. The molecule has 522 valence electrons. The van der Waals surface area contributed by atoms with E-state index in [2.05, 4.69) is 0 Å². The fourth-order valence-electron chi connectivity index (χ4n) is 12.7. The molecule has 89 heavy (non-hydrogen) atoms. The molecule has 6 heterocycles. The third kappa shape index (κ3) is 17.4. The van der Waals surface area contributed by atoms with Crippen LogP contribution in [0.3, 0.4) is 0 Å². The van der Waals surface area contributed by atoms with E-state index >= 15 is 4.39 Å². The third-order valence-electron chi connectivity index (χ3n) is 16.6. The highest BCUT2D eigenvalue weighted by atomic mass is 19.2. The number of ether oxygens (including phenoxy) is 30. The zero-order valence-corrected chi connectivity index (χ0v) is 54.5. The van der Waals surface area contributed by atoms with Crippen molar-refractivity contribution in [1.29, 1.82) is 0 Å². The number of hydrogen-bond acceptors (Lipinski definition) is 32. The molecule has 6 aliphatic heterocycles. The average Bonchev–Trinajstić information content (AvgIpc) is 1.18. The first kappa shape index (κ1) is 76.2. The van der Waals surface area contributed by atoms with Crippen LogP contribution in [-0.2, 0) is 147 Å². The topological polar surface area (TPSA) is 314 Å². The van der Waals surface area contributed by atoms with Gasteiger partial charge in [-0.2, -0.15) is 4.39 Å². The van der Waals surface area contributed by atoms with Crippen molar-refractivity contribution in [2.45, 2.75) is 191 Å². The normalized spacial score (nSPS) is 43.9. The number of methoxy groups -OCH3 is 18. The zero-order valence-electron chi connectivity index (χ0n) is 54.5. The lowest BCUT2D eigenvalue weighted by atomic mass is 9.94. The molecular formula is C56H99FO32. The van der Waals surface area contributed by atoms with Gasteiger partial charge in [0.25, 0.3) is 0 Å². The van der Waals surface area contributed by atoms with E-state index in [0.29, 0.717) is 0 Å². The molecule has 33 heteroatoms. The summed E-state index contributed by atoms with van der Waals surface area (Å²) in [4.78, 5) is 12.3. The number of halogens is 1. The molecule has 0 amide bonds. The van der Waals surface area contributed by atoms with E-state index < -0.39 is 190 Å². The number of esters is 1. The van der Waals surface area contributed by atoms with E-state index in [4.69, 9.17) is 142 Å². The maximum Gasteiger partial charge on any atom is 0.348 e. The van der Waals surface area contributed by atoms with Crippen molar-refractivity contribution in [3.8, 4) is 0 Å². The number of aliphatic hydroxyl groups is 1. The second kappa shape index (κ2) is 36.9. The van der Waals surface area contributed by atoms with E-state index in [9.17, 15) is 9.90 Å². The number of alkyl halides is 1. The van der Waals surface area contributed by atoms with Crippen LogP contribution in [0.15, 0.2) is 0 Å². The Kier molecular flexibility index (Phi) is 31.6. The molecule has 0 spiro atoms. The highest BCUT2D eigenvalue weighted by molar-refractivity contribution is 5.66. The first-order valence-corrected chi connectivity index (χ1v) is 29.0. The second-order valence-electron chi connectivity index (χ2n) is 21.6. The SMILES string of the molecule is COC[C@H]1O[C@H](O[C@H]2[C@H](OC)[C@@H](OC)[C@@H](O[C@H]3[C@H](OC)[C@@H](OC)[C@@H](O[C@H]4[C@H](OC)[C@@H](OC)[C@@H](O[C@H]5[C@H](OC)[C@@H](OC)[C@@H](O[C@H]6[C@H](OC)[C@@H](OC)C(O)(F)O[C@@H]6COC)O[C@@H]5COC)O[C@@H]4COC)O[C@@H]3COC)O[C@@H]2COC)[C@H](OC)[C@@H](OC)[C@@H]1OC(C)=O. The second-order valence-corrected chi connectivity index (χ2v) is 21.6. The smallest absolute Gasteiger partial charge is 0.348 e. The summed E-state index contributed by atoms with van der Waals surface area (Å²) < 4.78 is 200. The van der Waals surface area contributed by atoms with Crippen molar-refractivity contribution < 1.29 is 156 Å². The summed E-state index contributed by atoms with van der Waals surface area (Å²) in [5.41, 5.74) is 0. The van der Waals surface area contributed by atoms with Crippen molar-refractivity contribution in [1.82, 2.24) is 0 Å². The lowest BCUT2D eigenvalue weighted by molar-refractivity contribution is -0.428. The highest BCUT2D eigenvalue weighted by Gasteiger charge is 2.62. The first-order valence-electron chi connectivity index (χ1n) is 29.0. The van der Waals surface area contributed by atoms with Crippen LogP contribution in [0.5, 0.6) is 0 Å². The minimum Gasteiger partial charge on any atom is -0.457 e. The predicted molar refractivity (Wildman–Crippen MR) is 295 cm³/mol. The van der Waals surface area contributed by atoms with Crippen molar-refractivity contribution in [3.05, 3.63) is 0 Å². The molecule has 0 saturated carbocycles. The van der Waals surface area contributed by atoms with Gasteiger partial charge in [0.05, 0.1) is 39.6 Å². The van der Waals surface area contributed by atoms with Crippen LogP contribution in [-0.4, -0.2) is 363 Å². The summed E-state index contributed by atoms with van der Waals surface area (Å²) in [6.07, 6.45) is -30.8. The Morgan fingerprint density at radius 3 is 0.742 bits per heavy atom. The summed E-state index contributed by atoms with van der Waals surface area (Å²) in [7, 11) is 25.9. The number of carbonyl (C=O) groups excluding carboxylic acids is 1. The molecule has 6 fully saturated rings. The Hall–Kier alpha value is -1.80. The molecule has 1 unspecified atom stereocenters. The molecule has 6 rings (SSSR count). The van der Waals surface area contributed by atoms with E-state index in [0.717, 1.165) is 0 Å². The van der Waals surface area contributed by atoms with E-state index in [1.807, 2.05) is 0 Å². The molecule has 6 aliphatic rings. The Morgan fingerprint density at radius 1 is 0.315 bits per heavy atom. The van der Waals surface area contributed by atoms with Crippen molar-refractivity contribution in [3.63, 3.8) is 0 Å². The summed E-state index contributed by atoms with van der Waals surface area (Å²) in [5, 5.41) is 10.6. The molecule has 0 aromatic rings. The number of hydrogen-bond donors (Lipinski definition) is 1. The van der Waals surface area contributed by atoms with Gasteiger partial charge < -0.3 is 147 Å². The van der Waals surface area contributed by atoms with Gasteiger partial charge in [0, 0.05) is 135 Å². The lowest BCUT2D eigenvalue weighted by Gasteiger charge is -2.52. The molecule has 0 aliphatic carbocycles. The van der Waals surface area contributed by atoms with Gasteiger partial charge in [-0.3, -0.25) is 4.79 Å². The Bertz CT molecular complexity index is 1990. The summed E-state index contributed by atoms with van der Waals surface area (Å²) in [6, 6.07) is -3.27. The van der Waals surface area contributed by atoms with Crippen LogP contribution in [0.4, 0.5) is 4.39 Å². The quantitative estimate of drug-likeness (QED) is 0.0709. The van der Waals surface area contributed by atoms with Crippen LogP contribution in [0.1, 0.15) is 6.92 Å². The monoisotopic (exact) mass is 1300 g/mol. The molecule has 6 saturated heterocycles. The van der Waals surface area contributed by atoms with Crippen LogP contribution in [0, 0.1) is 0 Å². The van der Waals surface area contributed by atoms with E-state index in [-0.39, 0.29) is 39.6 Å². The number of carbonyl (C=O) groups is 1. The van der Waals surface area contributed by atoms with Gasteiger partial charge in [-0.05, 0) is 0 Å². The van der Waals surface area contributed by atoms with Crippen LogP contribution in [0.25, 0.3) is 0 Å². The van der Waals surface area contributed by atoms with Gasteiger partial charge in [-0.25, -0.2) is 0 Å². The molecule has 30 atom stereocenters. The largest absolute Gasteiger partial charge is 0.457 e. The molecule has 0 aromatic carbocycles. The van der Waals surface area contributed by atoms with Crippen molar-refractivity contribution in [2.75, 3.05) is 168 Å². The van der Waals surface area contributed by atoms with Crippen LogP contribution < -0.4 is 0 Å². The number of rotatable bonds is 35. The van der Waals surface area contributed by atoms with Gasteiger partial charge in [-0.15, -0.1) is 0 Å². The zero-order chi connectivity index (χ0) is 65.3. The lowest BCUT2D eigenvalue weighted by Crippen LogP contribution is -2.69. The minimum absolute atomic E-state index is 0.0149. The van der Waals surface area contributed by atoms with E-state index in [1.54, 1.807) is 0 Å². The Labute approximate surface area is 519 Å². The standard InChI is InChI=1S/C56H99FO32/c1-26(58)78-33-27(20-60-2)79-51(45(72-14)39(33)66-8)84-34-28(21-61-3)80-52(46(73-15)40(34)67-9)85-35-29(22-62-4)81-53(47(74-16)41(35)68-10)86-36-30(23-63-5)82-54(48(75-17)42(36)69-11)87-37-31(24-64-6)83-55(49(76-18)43(37)70-12)88-38-32(25-65-7)89-56(57,59)50(77-19)44(38)71-13/h27-55,59H,20-25H2,1-19H3/t27-,28-,29-,30-,31-,32-,33-,34-,35-,36-,37-,38-,39+,40+,41+,42+,43+,44+,45-,46-,47-,48-,49-,50-,51-,52-,53-,54-,55-,56?/m1/s1. The van der Waals surface area contributed by atoms with Gasteiger partial charge >= 0.3 is 12.0 Å². The first-order chi connectivity index (χ1) is 42.9. The molecule has 0 radical (unpaired) electrons. The highest BCUT2D eigenvalue weighted by Crippen LogP contribution is 2.42. The summed E-state index contributed by atoms with van der Waals surface area (Å²) >= 11 is 0. The fourth-order valence-corrected chi connectivity index (χ4v) is 12.7. The molecule has 32 nitrogen and oxygen atoms in total. The Balaban J connectivity index is 1.24. The van der Waals surface area contributed by atoms with Crippen molar-refractivity contribution >= 4 is 5.97 Å². The summed E-state index contributed by atoms with van der Waals surface area (Å²) in [6.45, 7) is 0.844. The van der Waals surface area contributed by atoms with Gasteiger partial charge in [0.2, 0.25) is 0 Å². The van der Waals surface area contributed by atoms with Crippen LogP contribution >= 0.6 is 0 Å². The molecule has 1 N–H and O–H groups in total. The van der Waals surface area contributed by atoms with Gasteiger partial charge in [-0.1, -0.05) is 0 Å². The third-order valence-corrected chi connectivity index (χ3v) is 16.6. The van der Waals surface area contributed by atoms with Gasteiger partial charge in [0.15, 0.2) is 43.7 Å². The Morgan fingerprint density at radius 2 is 0.528 bits per heavy atom. The van der Waals surface area contributed by atoms with Gasteiger partial charge in [0.1, 0.15) is 134 Å². The molecular weight excluding hydrogens is 1200 g/mol. The van der Waals surface area contributed by atoms with Crippen molar-refractivity contribution in [2.24, 2.45) is 0 Å². The minimum atomic E-state index is -3.27.